The Bertz CT molecular complexity index is 802. The van der Waals surface area contributed by atoms with Crippen molar-refractivity contribution in [3.8, 4) is 5.88 Å². The molecule has 2 fully saturated rings. The van der Waals surface area contributed by atoms with E-state index >= 15 is 0 Å². The molecule has 144 valence electrons. The Morgan fingerprint density at radius 3 is 2.78 bits per heavy atom. The Balaban J connectivity index is 1.49. The monoisotopic (exact) mass is 397 g/mol. The van der Waals surface area contributed by atoms with E-state index in [9.17, 15) is 18.0 Å². The van der Waals surface area contributed by atoms with Gasteiger partial charge in [0.15, 0.2) is 0 Å². The predicted molar refractivity (Wildman–Crippen MR) is 93.3 cm³/mol. The Labute approximate surface area is 158 Å². The van der Waals surface area contributed by atoms with Gasteiger partial charge in [0.1, 0.15) is 0 Å². The third-order valence-corrected chi connectivity index (χ3v) is 5.75. The molecule has 1 aromatic carbocycles. The van der Waals surface area contributed by atoms with Crippen LogP contribution in [0.15, 0.2) is 35.2 Å². The summed E-state index contributed by atoms with van der Waals surface area (Å²) in [5.74, 6) is 1.62. The summed E-state index contributed by atoms with van der Waals surface area (Å²) >= 11 is 1.30. The molecule has 0 radical (unpaired) electrons. The molecule has 2 atom stereocenters. The standard InChI is InChI=1S/C18H18F3N3O2S/c19-18(20,21)12-3-1-2-11(4-12)7-24(8-15-13-5-22-6-14(13)15)17(25)26-16-9-27-10-23-16/h1-4,9-10,13-15,22H,5-8H2. The number of carbonyl (C=O) groups excluding carboxylic acids is 1. The summed E-state index contributed by atoms with van der Waals surface area (Å²) < 4.78 is 44.2. The highest BCUT2D eigenvalue weighted by Crippen LogP contribution is 2.49. The van der Waals surface area contributed by atoms with Gasteiger partial charge in [0.2, 0.25) is 5.88 Å². The molecular formula is C18H18F3N3O2S. The summed E-state index contributed by atoms with van der Waals surface area (Å²) in [6.07, 6.45) is -5.00. The van der Waals surface area contributed by atoms with E-state index in [0.717, 1.165) is 25.2 Å². The molecule has 1 amide bonds. The minimum absolute atomic E-state index is 0.0657. The molecule has 4 rings (SSSR count). The maximum atomic E-state index is 13.0. The van der Waals surface area contributed by atoms with Crippen molar-refractivity contribution in [3.63, 3.8) is 0 Å². The quantitative estimate of drug-likeness (QED) is 0.837. The number of amides is 1. The molecule has 5 nitrogen and oxygen atoms in total. The molecule has 2 unspecified atom stereocenters. The molecule has 9 heteroatoms. The third-order valence-electron chi connectivity index (χ3n) is 5.19. The average Bonchev–Trinajstić information content (AvgIpc) is 3.05. The number of halogens is 3. The van der Waals surface area contributed by atoms with Crippen molar-refractivity contribution in [2.45, 2.75) is 12.7 Å². The van der Waals surface area contributed by atoms with E-state index in [1.54, 1.807) is 17.0 Å². The molecule has 0 spiro atoms. The molecule has 1 saturated heterocycles. The number of nitrogens with zero attached hydrogens (tertiary/aromatic N) is 2. The normalized spacial score (nSPS) is 23.7. The van der Waals surface area contributed by atoms with Gasteiger partial charge in [-0.05, 0) is 48.5 Å². The number of aromatic nitrogens is 1. The highest BCUT2D eigenvalue weighted by atomic mass is 32.1. The van der Waals surface area contributed by atoms with E-state index < -0.39 is 17.8 Å². The second-order valence-corrected chi connectivity index (χ2v) is 7.64. The van der Waals surface area contributed by atoms with Crippen LogP contribution in [-0.2, 0) is 12.7 Å². The summed E-state index contributed by atoms with van der Waals surface area (Å²) in [7, 11) is 0. The summed E-state index contributed by atoms with van der Waals surface area (Å²) in [6, 6.07) is 5.06. The third kappa shape index (κ3) is 4.08. The van der Waals surface area contributed by atoms with E-state index in [-0.39, 0.29) is 12.4 Å². The maximum absolute atomic E-state index is 13.0. The van der Waals surface area contributed by atoms with Gasteiger partial charge in [0, 0.05) is 13.1 Å². The fourth-order valence-electron chi connectivity index (χ4n) is 3.75. The first-order chi connectivity index (χ1) is 12.9. The molecule has 1 aliphatic carbocycles. The van der Waals surface area contributed by atoms with Gasteiger partial charge >= 0.3 is 12.3 Å². The van der Waals surface area contributed by atoms with Crippen LogP contribution < -0.4 is 10.1 Å². The number of hydrogen-bond acceptors (Lipinski definition) is 5. The minimum Gasteiger partial charge on any atom is -0.390 e. The van der Waals surface area contributed by atoms with Crippen molar-refractivity contribution in [1.29, 1.82) is 0 Å². The zero-order chi connectivity index (χ0) is 19.0. The van der Waals surface area contributed by atoms with E-state index in [1.807, 2.05) is 0 Å². The van der Waals surface area contributed by atoms with Gasteiger partial charge in [-0.25, -0.2) is 9.78 Å². The smallest absolute Gasteiger partial charge is 0.390 e. The fraction of sp³-hybridized carbons (Fsp3) is 0.444. The summed E-state index contributed by atoms with van der Waals surface area (Å²) in [6.45, 7) is 2.38. The van der Waals surface area contributed by atoms with E-state index in [1.165, 1.54) is 22.3 Å². The number of alkyl halides is 3. The number of nitrogens with one attached hydrogen (secondary N) is 1. The second kappa shape index (κ2) is 7.12. The molecule has 2 aromatic rings. The number of thiazole rings is 1. The molecule has 1 N–H and O–H groups in total. The minimum atomic E-state index is -4.42. The molecule has 1 saturated carbocycles. The SMILES string of the molecule is O=C(Oc1cscn1)N(Cc1cccc(C(F)(F)F)c1)CC1C2CNCC21. The largest absolute Gasteiger partial charge is 0.416 e. The van der Waals surface area contributed by atoms with Gasteiger partial charge in [-0.15, -0.1) is 11.3 Å². The van der Waals surface area contributed by atoms with Crippen LogP contribution in [-0.4, -0.2) is 35.6 Å². The van der Waals surface area contributed by atoms with Gasteiger partial charge < -0.3 is 15.0 Å². The first-order valence-corrected chi connectivity index (χ1v) is 9.58. The summed E-state index contributed by atoms with van der Waals surface area (Å²) in [5, 5.41) is 4.90. The van der Waals surface area contributed by atoms with Gasteiger partial charge in [-0.1, -0.05) is 12.1 Å². The van der Waals surface area contributed by atoms with Crippen LogP contribution in [0.2, 0.25) is 0 Å². The molecule has 27 heavy (non-hydrogen) atoms. The predicted octanol–water partition coefficient (Wildman–Crippen LogP) is 3.63. The first kappa shape index (κ1) is 18.2. The van der Waals surface area contributed by atoms with E-state index in [0.29, 0.717) is 29.9 Å². The van der Waals surface area contributed by atoms with Crippen molar-refractivity contribution < 1.29 is 22.7 Å². The molecule has 2 aliphatic rings. The molecular weight excluding hydrogens is 379 g/mol. The lowest BCUT2D eigenvalue weighted by atomic mass is 10.1. The van der Waals surface area contributed by atoms with Crippen molar-refractivity contribution in [2.24, 2.45) is 17.8 Å². The number of carbonyl (C=O) groups is 1. The van der Waals surface area contributed by atoms with Crippen LogP contribution in [0.3, 0.4) is 0 Å². The number of benzene rings is 1. The Morgan fingerprint density at radius 1 is 1.33 bits per heavy atom. The second-order valence-electron chi connectivity index (χ2n) is 6.92. The van der Waals surface area contributed by atoms with Crippen LogP contribution >= 0.6 is 11.3 Å². The number of ether oxygens (including phenoxy) is 1. The zero-order valence-corrected chi connectivity index (χ0v) is 15.1. The highest BCUT2D eigenvalue weighted by molar-refractivity contribution is 7.07. The van der Waals surface area contributed by atoms with Crippen molar-refractivity contribution in [2.75, 3.05) is 19.6 Å². The topological polar surface area (TPSA) is 54.5 Å². The lowest BCUT2D eigenvalue weighted by Gasteiger charge is -2.23. The fourth-order valence-corrected chi connectivity index (χ4v) is 4.20. The number of rotatable bonds is 5. The van der Waals surface area contributed by atoms with Gasteiger partial charge in [-0.2, -0.15) is 13.2 Å². The molecule has 0 bridgehead atoms. The number of hydrogen-bond donors (Lipinski definition) is 1. The first-order valence-electron chi connectivity index (χ1n) is 8.63. The van der Waals surface area contributed by atoms with Crippen LogP contribution in [0.1, 0.15) is 11.1 Å². The lowest BCUT2D eigenvalue weighted by Crippen LogP contribution is -2.36. The van der Waals surface area contributed by atoms with Crippen LogP contribution in [0.4, 0.5) is 18.0 Å². The molecule has 1 aromatic heterocycles. The van der Waals surface area contributed by atoms with E-state index in [4.69, 9.17) is 4.74 Å². The zero-order valence-electron chi connectivity index (χ0n) is 14.3. The molecule has 2 heterocycles. The highest BCUT2D eigenvalue weighted by Gasteiger charge is 2.53. The summed E-state index contributed by atoms with van der Waals surface area (Å²) in [5.41, 5.74) is 1.25. The van der Waals surface area contributed by atoms with Crippen LogP contribution in [0, 0.1) is 17.8 Å². The number of fused-ring (bicyclic) bond motifs is 1. The van der Waals surface area contributed by atoms with Crippen molar-refractivity contribution >= 4 is 17.4 Å². The van der Waals surface area contributed by atoms with Crippen molar-refractivity contribution in [1.82, 2.24) is 15.2 Å². The van der Waals surface area contributed by atoms with E-state index in [2.05, 4.69) is 10.3 Å². The maximum Gasteiger partial charge on any atom is 0.416 e. The average molecular weight is 397 g/mol. The van der Waals surface area contributed by atoms with Gasteiger partial charge in [0.25, 0.3) is 0 Å². The lowest BCUT2D eigenvalue weighted by molar-refractivity contribution is -0.137. The Hall–Kier alpha value is -2.13. The van der Waals surface area contributed by atoms with Gasteiger partial charge in [-0.3, -0.25) is 0 Å². The Kier molecular flexibility index (Phi) is 4.81. The molecule has 1 aliphatic heterocycles. The number of piperidine rings is 1. The Morgan fingerprint density at radius 2 is 2.11 bits per heavy atom. The van der Waals surface area contributed by atoms with Crippen molar-refractivity contribution in [3.05, 3.63) is 46.3 Å². The van der Waals surface area contributed by atoms with Gasteiger partial charge in [0.05, 0.1) is 16.5 Å². The summed E-state index contributed by atoms with van der Waals surface area (Å²) in [4.78, 5) is 18.0. The van der Waals surface area contributed by atoms with Crippen LogP contribution in [0.5, 0.6) is 5.88 Å². The van der Waals surface area contributed by atoms with Crippen LogP contribution in [0.25, 0.3) is 0 Å².